The molecule has 98 valence electrons. The molecule has 0 aliphatic carbocycles. The molecule has 0 radical (unpaired) electrons. The van der Waals surface area contributed by atoms with Gasteiger partial charge in [0.25, 0.3) is 0 Å². The number of anilines is 1. The van der Waals surface area contributed by atoms with Crippen LogP contribution in [-0.4, -0.2) is 12.6 Å². The maximum atomic E-state index is 9.13. The van der Waals surface area contributed by atoms with E-state index in [-0.39, 0.29) is 6.04 Å². The van der Waals surface area contributed by atoms with Crippen molar-refractivity contribution >= 4 is 16.5 Å². The van der Waals surface area contributed by atoms with Gasteiger partial charge in [0, 0.05) is 29.0 Å². The van der Waals surface area contributed by atoms with Crippen molar-refractivity contribution in [2.75, 3.05) is 11.9 Å². The second-order valence-electron chi connectivity index (χ2n) is 5.11. The van der Waals surface area contributed by atoms with Crippen LogP contribution in [0.25, 0.3) is 10.8 Å². The lowest BCUT2D eigenvalue weighted by molar-refractivity contribution is 0.511. The average Bonchev–Trinajstić information content (AvgIpc) is 2.44. The first-order valence-corrected chi connectivity index (χ1v) is 6.54. The van der Waals surface area contributed by atoms with Gasteiger partial charge in [-0.1, -0.05) is 38.1 Å². The highest BCUT2D eigenvalue weighted by atomic mass is 14.9. The van der Waals surface area contributed by atoms with Gasteiger partial charge in [0.15, 0.2) is 0 Å². The minimum Gasteiger partial charge on any atom is -0.383 e. The first kappa shape index (κ1) is 13.4. The van der Waals surface area contributed by atoms with Crippen LogP contribution >= 0.6 is 0 Å². The molecule has 0 fully saturated rings. The highest BCUT2D eigenvalue weighted by Crippen LogP contribution is 2.26. The topological polar surface area (TPSA) is 61.8 Å². The van der Waals surface area contributed by atoms with E-state index in [9.17, 15) is 0 Å². The summed E-state index contributed by atoms with van der Waals surface area (Å²) in [6.45, 7) is 4.96. The summed E-state index contributed by atoms with van der Waals surface area (Å²) in [6.07, 6.45) is 0. The van der Waals surface area contributed by atoms with Gasteiger partial charge in [-0.05, 0) is 18.1 Å². The van der Waals surface area contributed by atoms with E-state index in [1.807, 2.05) is 36.4 Å². The molecule has 2 aromatic rings. The number of nitriles is 1. The van der Waals surface area contributed by atoms with E-state index in [2.05, 4.69) is 25.2 Å². The van der Waals surface area contributed by atoms with Gasteiger partial charge in [-0.15, -0.1) is 0 Å². The number of fused-ring (bicyclic) bond motifs is 1. The van der Waals surface area contributed by atoms with Gasteiger partial charge in [0.05, 0.1) is 11.6 Å². The second-order valence-corrected chi connectivity index (χ2v) is 5.11. The fraction of sp³-hybridized carbons (Fsp3) is 0.312. The van der Waals surface area contributed by atoms with Gasteiger partial charge in [0.2, 0.25) is 0 Å². The summed E-state index contributed by atoms with van der Waals surface area (Å²) in [5.41, 5.74) is 7.79. The smallest absolute Gasteiger partial charge is 0.0998 e. The summed E-state index contributed by atoms with van der Waals surface area (Å²) < 4.78 is 0. The summed E-state index contributed by atoms with van der Waals surface area (Å²) in [7, 11) is 0. The Morgan fingerprint density at radius 1 is 1.16 bits per heavy atom. The minimum atomic E-state index is 0.120. The Balaban J connectivity index is 2.32. The Bertz CT molecular complexity index is 611. The highest BCUT2D eigenvalue weighted by molar-refractivity contribution is 5.97. The van der Waals surface area contributed by atoms with Crippen molar-refractivity contribution in [2.24, 2.45) is 11.7 Å². The summed E-state index contributed by atoms with van der Waals surface area (Å²) >= 11 is 0. The molecule has 0 aliphatic rings. The third-order valence-electron chi connectivity index (χ3n) is 3.43. The number of nitrogens with one attached hydrogen (secondary N) is 1. The number of hydrogen-bond acceptors (Lipinski definition) is 3. The summed E-state index contributed by atoms with van der Waals surface area (Å²) in [6, 6.07) is 14.1. The molecule has 1 unspecified atom stereocenters. The van der Waals surface area contributed by atoms with E-state index >= 15 is 0 Å². The molecular weight excluding hydrogens is 234 g/mol. The first-order chi connectivity index (χ1) is 9.13. The van der Waals surface area contributed by atoms with Crippen LogP contribution in [0.5, 0.6) is 0 Å². The Hall–Kier alpha value is -2.05. The molecule has 0 bridgehead atoms. The maximum absolute atomic E-state index is 9.13. The maximum Gasteiger partial charge on any atom is 0.0998 e. The number of benzene rings is 2. The van der Waals surface area contributed by atoms with Crippen LogP contribution in [0.3, 0.4) is 0 Å². The van der Waals surface area contributed by atoms with Gasteiger partial charge in [-0.25, -0.2) is 0 Å². The molecule has 0 saturated carbocycles. The van der Waals surface area contributed by atoms with E-state index in [0.29, 0.717) is 11.5 Å². The Labute approximate surface area is 114 Å². The number of nitrogens with two attached hydrogens (primary N) is 1. The van der Waals surface area contributed by atoms with Crippen molar-refractivity contribution in [3.63, 3.8) is 0 Å². The molecule has 3 heteroatoms. The SMILES string of the molecule is CC(C)C(N)CNc1ccc(C#N)c2ccccc12. The number of hydrogen-bond donors (Lipinski definition) is 2. The molecular formula is C16H19N3. The Kier molecular flexibility index (Phi) is 4.03. The van der Waals surface area contributed by atoms with Gasteiger partial charge in [0.1, 0.15) is 0 Å². The fourth-order valence-electron chi connectivity index (χ4n) is 2.01. The van der Waals surface area contributed by atoms with Crippen LogP contribution in [0.2, 0.25) is 0 Å². The van der Waals surface area contributed by atoms with Crippen molar-refractivity contribution < 1.29 is 0 Å². The number of rotatable bonds is 4. The van der Waals surface area contributed by atoms with E-state index < -0.39 is 0 Å². The molecule has 0 spiro atoms. The summed E-state index contributed by atoms with van der Waals surface area (Å²) in [5.74, 6) is 0.442. The molecule has 0 saturated heterocycles. The van der Waals surface area contributed by atoms with Crippen LogP contribution in [0.4, 0.5) is 5.69 Å². The van der Waals surface area contributed by atoms with Crippen LogP contribution in [0.1, 0.15) is 19.4 Å². The van der Waals surface area contributed by atoms with Crippen molar-refractivity contribution in [1.29, 1.82) is 5.26 Å². The summed E-state index contributed by atoms with van der Waals surface area (Å²) in [4.78, 5) is 0. The molecule has 3 nitrogen and oxygen atoms in total. The van der Waals surface area contributed by atoms with E-state index in [0.717, 1.165) is 23.0 Å². The summed E-state index contributed by atoms with van der Waals surface area (Å²) in [5, 5.41) is 14.6. The lowest BCUT2D eigenvalue weighted by Crippen LogP contribution is -2.34. The fourth-order valence-corrected chi connectivity index (χ4v) is 2.01. The molecule has 0 amide bonds. The van der Waals surface area contributed by atoms with Gasteiger partial charge in [-0.3, -0.25) is 0 Å². The van der Waals surface area contributed by atoms with Crippen LogP contribution in [0, 0.1) is 17.2 Å². The standard InChI is InChI=1S/C16H19N3/c1-11(2)15(18)10-19-16-8-7-12(9-17)13-5-3-4-6-14(13)16/h3-8,11,15,19H,10,18H2,1-2H3. The van der Waals surface area contributed by atoms with Crippen LogP contribution in [-0.2, 0) is 0 Å². The zero-order valence-electron chi connectivity index (χ0n) is 11.4. The molecule has 3 N–H and O–H groups in total. The molecule has 0 aliphatic heterocycles. The second kappa shape index (κ2) is 5.73. The zero-order valence-corrected chi connectivity index (χ0v) is 11.4. The quantitative estimate of drug-likeness (QED) is 0.880. The predicted molar refractivity (Wildman–Crippen MR) is 80.0 cm³/mol. The zero-order chi connectivity index (χ0) is 13.8. The monoisotopic (exact) mass is 253 g/mol. The highest BCUT2D eigenvalue weighted by Gasteiger charge is 2.09. The molecule has 2 aromatic carbocycles. The van der Waals surface area contributed by atoms with Crippen molar-refractivity contribution in [3.8, 4) is 6.07 Å². The normalized spacial score (nSPS) is 12.4. The van der Waals surface area contributed by atoms with Crippen molar-refractivity contribution in [2.45, 2.75) is 19.9 Å². The largest absolute Gasteiger partial charge is 0.383 e. The van der Waals surface area contributed by atoms with Crippen molar-refractivity contribution in [3.05, 3.63) is 42.0 Å². The van der Waals surface area contributed by atoms with E-state index in [1.54, 1.807) is 0 Å². The van der Waals surface area contributed by atoms with E-state index in [4.69, 9.17) is 11.0 Å². The third-order valence-corrected chi connectivity index (χ3v) is 3.43. The Morgan fingerprint density at radius 2 is 1.84 bits per heavy atom. The van der Waals surface area contributed by atoms with Gasteiger partial charge >= 0.3 is 0 Å². The van der Waals surface area contributed by atoms with E-state index in [1.165, 1.54) is 0 Å². The molecule has 0 aromatic heterocycles. The Morgan fingerprint density at radius 3 is 2.47 bits per heavy atom. The first-order valence-electron chi connectivity index (χ1n) is 6.54. The molecule has 19 heavy (non-hydrogen) atoms. The predicted octanol–water partition coefficient (Wildman–Crippen LogP) is 3.11. The average molecular weight is 253 g/mol. The molecule has 2 rings (SSSR count). The molecule has 0 heterocycles. The minimum absolute atomic E-state index is 0.120. The van der Waals surface area contributed by atoms with Crippen LogP contribution in [0.15, 0.2) is 36.4 Å². The third kappa shape index (κ3) is 2.86. The lowest BCUT2D eigenvalue weighted by atomic mass is 10.0. The number of nitrogens with zero attached hydrogens (tertiary/aromatic N) is 1. The van der Waals surface area contributed by atoms with Crippen molar-refractivity contribution in [1.82, 2.24) is 0 Å². The molecule has 1 atom stereocenters. The van der Waals surface area contributed by atoms with Gasteiger partial charge < -0.3 is 11.1 Å². The van der Waals surface area contributed by atoms with Crippen LogP contribution < -0.4 is 11.1 Å². The van der Waals surface area contributed by atoms with Gasteiger partial charge in [-0.2, -0.15) is 5.26 Å². The lowest BCUT2D eigenvalue weighted by Gasteiger charge is -2.18.